The molecule has 120 valence electrons. The summed E-state index contributed by atoms with van der Waals surface area (Å²) in [5, 5.41) is 3.47. The zero-order valence-corrected chi connectivity index (χ0v) is 13.3. The predicted octanol–water partition coefficient (Wildman–Crippen LogP) is 4.01. The van der Waals surface area contributed by atoms with Crippen LogP contribution in [0.4, 0.5) is 14.5 Å². The van der Waals surface area contributed by atoms with Gasteiger partial charge >= 0.3 is 0 Å². The van der Waals surface area contributed by atoms with Gasteiger partial charge in [-0.15, -0.1) is 0 Å². The van der Waals surface area contributed by atoms with Gasteiger partial charge in [0.15, 0.2) is 0 Å². The molecule has 2 aliphatic rings. The number of nitrogens with zero attached hydrogens (tertiary/aromatic N) is 1. The molecule has 0 spiro atoms. The summed E-state index contributed by atoms with van der Waals surface area (Å²) in [6.45, 7) is 2.72. The molecule has 2 aromatic carbocycles. The van der Waals surface area contributed by atoms with Crippen LogP contribution >= 0.6 is 11.6 Å². The molecule has 1 saturated heterocycles. The normalized spacial score (nSPS) is 20.1. The van der Waals surface area contributed by atoms with Crippen LogP contribution in [-0.4, -0.2) is 25.7 Å². The summed E-state index contributed by atoms with van der Waals surface area (Å²) in [6, 6.07) is 8.50. The maximum absolute atomic E-state index is 14.4. The van der Waals surface area contributed by atoms with E-state index in [2.05, 4.69) is 16.3 Å². The summed E-state index contributed by atoms with van der Waals surface area (Å²) in [7, 11) is 0. The minimum atomic E-state index is -0.611. The third-order valence-corrected chi connectivity index (χ3v) is 4.98. The number of rotatable bonds is 1. The van der Waals surface area contributed by atoms with Crippen molar-refractivity contribution in [2.45, 2.75) is 18.9 Å². The topological polar surface area (TPSA) is 15.3 Å². The van der Waals surface area contributed by atoms with Crippen LogP contribution in [0.15, 0.2) is 30.3 Å². The second-order valence-electron chi connectivity index (χ2n) is 6.15. The number of hydrogen-bond donors (Lipinski definition) is 1. The Bertz CT molecular complexity index is 740. The summed E-state index contributed by atoms with van der Waals surface area (Å²) < 4.78 is 28.8. The van der Waals surface area contributed by atoms with Crippen molar-refractivity contribution < 1.29 is 8.78 Å². The van der Waals surface area contributed by atoms with E-state index in [-0.39, 0.29) is 10.6 Å². The molecule has 1 atom stereocenters. The van der Waals surface area contributed by atoms with E-state index in [4.69, 9.17) is 11.6 Å². The lowest BCUT2D eigenvalue weighted by Crippen LogP contribution is -2.33. The second-order valence-corrected chi connectivity index (χ2v) is 6.58. The minimum Gasteiger partial charge on any atom is -0.366 e. The zero-order chi connectivity index (χ0) is 16.0. The zero-order valence-electron chi connectivity index (χ0n) is 12.6. The van der Waals surface area contributed by atoms with Crippen molar-refractivity contribution in [2.75, 3.05) is 24.5 Å². The number of anilines is 1. The van der Waals surface area contributed by atoms with Crippen molar-refractivity contribution in [3.05, 3.63) is 52.6 Å². The van der Waals surface area contributed by atoms with Crippen molar-refractivity contribution in [3.63, 3.8) is 0 Å². The molecule has 5 heteroatoms. The van der Waals surface area contributed by atoms with E-state index in [1.165, 1.54) is 17.7 Å². The van der Waals surface area contributed by atoms with Crippen LogP contribution in [-0.2, 0) is 6.42 Å². The molecule has 2 heterocycles. The molecule has 4 rings (SSSR count). The first kappa shape index (κ1) is 14.9. The number of nitrogens with one attached hydrogen (secondary N) is 1. The maximum Gasteiger partial charge on any atom is 0.135 e. The molecule has 0 amide bonds. The summed E-state index contributed by atoms with van der Waals surface area (Å²) in [5.74, 6) is -1.22. The Morgan fingerprint density at radius 3 is 2.70 bits per heavy atom. The quantitative estimate of drug-likeness (QED) is 0.847. The lowest BCUT2D eigenvalue weighted by atomic mass is 9.99. The highest BCUT2D eigenvalue weighted by molar-refractivity contribution is 6.30. The van der Waals surface area contributed by atoms with Crippen LogP contribution in [0.3, 0.4) is 0 Å². The van der Waals surface area contributed by atoms with Gasteiger partial charge in [0.2, 0.25) is 0 Å². The van der Waals surface area contributed by atoms with Crippen LogP contribution in [0.25, 0.3) is 11.1 Å². The Kier molecular flexibility index (Phi) is 3.74. The van der Waals surface area contributed by atoms with E-state index in [0.29, 0.717) is 11.6 Å². The molecule has 1 unspecified atom stereocenters. The fraction of sp³-hybridized carbons (Fsp3) is 0.333. The summed E-state index contributed by atoms with van der Waals surface area (Å²) in [6.07, 6.45) is 1.97. The highest BCUT2D eigenvalue weighted by Crippen LogP contribution is 2.43. The number of hydrogen-bond acceptors (Lipinski definition) is 2. The van der Waals surface area contributed by atoms with Crippen LogP contribution in [0.2, 0.25) is 5.02 Å². The second kappa shape index (κ2) is 5.77. The Morgan fingerprint density at radius 2 is 1.91 bits per heavy atom. The van der Waals surface area contributed by atoms with Crippen molar-refractivity contribution in [2.24, 2.45) is 0 Å². The molecular weight excluding hydrogens is 318 g/mol. The summed E-state index contributed by atoms with van der Waals surface area (Å²) >= 11 is 5.76. The van der Waals surface area contributed by atoms with Gasteiger partial charge < -0.3 is 10.2 Å². The van der Waals surface area contributed by atoms with Crippen molar-refractivity contribution in [1.29, 1.82) is 0 Å². The number of fused-ring (bicyclic) bond motifs is 3. The van der Waals surface area contributed by atoms with Crippen LogP contribution in [0, 0.1) is 11.6 Å². The van der Waals surface area contributed by atoms with Gasteiger partial charge in [0.05, 0.1) is 5.56 Å². The Balaban J connectivity index is 1.89. The molecule has 0 aliphatic carbocycles. The van der Waals surface area contributed by atoms with Gasteiger partial charge in [-0.3, -0.25) is 0 Å². The molecule has 2 aliphatic heterocycles. The Hall–Kier alpha value is -1.65. The predicted molar refractivity (Wildman–Crippen MR) is 89.1 cm³/mol. The van der Waals surface area contributed by atoms with E-state index >= 15 is 0 Å². The van der Waals surface area contributed by atoms with E-state index in [1.54, 1.807) is 6.07 Å². The summed E-state index contributed by atoms with van der Waals surface area (Å²) in [4.78, 5) is 2.30. The van der Waals surface area contributed by atoms with Gasteiger partial charge in [-0.2, -0.15) is 0 Å². The number of benzene rings is 2. The van der Waals surface area contributed by atoms with Gasteiger partial charge in [-0.05, 0) is 37.1 Å². The molecule has 0 saturated carbocycles. The fourth-order valence-corrected chi connectivity index (χ4v) is 3.98. The number of para-hydroxylation sites is 1. The molecule has 0 bridgehead atoms. The van der Waals surface area contributed by atoms with E-state index < -0.39 is 11.6 Å². The highest BCUT2D eigenvalue weighted by atomic mass is 35.5. The van der Waals surface area contributed by atoms with Crippen LogP contribution in [0.5, 0.6) is 0 Å². The van der Waals surface area contributed by atoms with Gasteiger partial charge in [-0.25, -0.2) is 8.78 Å². The van der Waals surface area contributed by atoms with E-state index in [9.17, 15) is 8.78 Å². The largest absolute Gasteiger partial charge is 0.366 e. The third kappa shape index (κ3) is 2.50. The maximum atomic E-state index is 14.4. The summed E-state index contributed by atoms with van der Waals surface area (Å²) in [5.41, 5.74) is 2.78. The third-order valence-electron chi connectivity index (χ3n) is 4.76. The minimum absolute atomic E-state index is 0.0177. The molecule has 2 aromatic rings. The number of halogens is 3. The first-order valence-electron chi connectivity index (χ1n) is 7.89. The van der Waals surface area contributed by atoms with Gasteiger partial charge in [0.25, 0.3) is 0 Å². The fourth-order valence-electron chi connectivity index (χ4n) is 3.79. The molecular formula is C18H17ClF2N2. The van der Waals surface area contributed by atoms with E-state index in [1.807, 2.05) is 6.07 Å². The SMILES string of the molecule is Fc1cc(Cl)cc(F)c1-c1cccc2c1N1CCNCCC1C2. The van der Waals surface area contributed by atoms with Crippen LogP contribution in [0.1, 0.15) is 12.0 Å². The lowest BCUT2D eigenvalue weighted by Gasteiger charge is -2.26. The average Bonchev–Trinajstić information content (AvgIpc) is 2.69. The van der Waals surface area contributed by atoms with Crippen molar-refractivity contribution in [1.82, 2.24) is 5.32 Å². The van der Waals surface area contributed by atoms with Crippen molar-refractivity contribution in [3.8, 4) is 11.1 Å². The first-order chi connectivity index (χ1) is 11.1. The lowest BCUT2D eigenvalue weighted by molar-refractivity contribution is 0.589. The average molecular weight is 335 g/mol. The van der Waals surface area contributed by atoms with Crippen molar-refractivity contribution >= 4 is 17.3 Å². The molecule has 2 nitrogen and oxygen atoms in total. The van der Waals surface area contributed by atoms with Gasteiger partial charge in [0.1, 0.15) is 11.6 Å². The highest BCUT2D eigenvalue weighted by Gasteiger charge is 2.33. The Morgan fingerprint density at radius 1 is 1.13 bits per heavy atom. The molecule has 0 aromatic heterocycles. The molecule has 1 fully saturated rings. The van der Waals surface area contributed by atoms with E-state index in [0.717, 1.165) is 38.2 Å². The van der Waals surface area contributed by atoms with Gasteiger partial charge in [-0.1, -0.05) is 29.8 Å². The molecule has 0 radical (unpaired) electrons. The van der Waals surface area contributed by atoms with Crippen LogP contribution < -0.4 is 10.2 Å². The first-order valence-corrected chi connectivity index (χ1v) is 8.27. The molecule has 23 heavy (non-hydrogen) atoms. The smallest absolute Gasteiger partial charge is 0.135 e. The molecule has 1 N–H and O–H groups in total. The standard InChI is InChI=1S/C18H17ClF2N2/c19-12-9-15(20)17(16(21)10-12)14-3-1-2-11-8-13-4-5-22-6-7-23(13)18(11)14/h1-3,9-10,13,22H,4-8H2. The van der Waals surface area contributed by atoms with Gasteiger partial charge in [0, 0.05) is 35.4 Å². The Labute approximate surface area is 139 Å². The monoisotopic (exact) mass is 334 g/mol.